The smallest absolute Gasteiger partial charge is 0.252 e. The lowest BCUT2D eigenvalue weighted by atomic mass is 10.3. The van der Waals surface area contributed by atoms with Gasteiger partial charge in [-0.3, -0.25) is 0 Å². The molecule has 0 saturated carbocycles. The minimum atomic E-state index is 0.211. The van der Waals surface area contributed by atoms with Gasteiger partial charge in [0.05, 0.1) is 18.4 Å². The highest BCUT2D eigenvalue weighted by atomic mass is 35.5. The minimum Gasteiger partial charge on any atom is -0.452 e. The number of rotatable bonds is 2. The molecule has 0 spiro atoms. The van der Waals surface area contributed by atoms with Crippen molar-refractivity contribution in [1.29, 1.82) is 0 Å². The third-order valence-corrected chi connectivity index (χ3v) is 1.78. The molecule has 0 aromatic carbocycles. The number of aromatic nitrogens is 2. The van der Waals surface area contributed by atoms with Crippen molar-refractivity contribution in [3.8, 4) is 11.5 Å². The van der Waals surface area contributed by atoms with Gasteiger partial charge < -0.3 is 14.6 Å². The van der Waals surface area contributed by atoms with Gasteiger partial charge in [0.25, 0.3) is 5.89 Å². The summed E-state index contributed by atoms with van der Waals surface area (Å²) in [6.07, 6.45) is 1.45. The third-order valence-electron chi connectivity index (χ3n) is 1.49. The normalized spacial score (nSPS) is 10.6. The number of halogens is 1. The summed E-state index contributed by atoms with van der Waals surface area (Å²) in [5.41, 5.74) is 5.88. The van der Waals surface area contributed by atoms with Crippen LogP contribution in [0.2, 0.25) is 5.22 Å². The Morgan fingerprint density at radius 3 is 2.85 bits per heavy atom. The Morgan fingerprint density at radius 2 is 2.31 bits per heavy atom. The summed E-state index contributed by atoms with van der Waals surface area (Å²) in [6.45, 7) is 0.211. The summed E-state index contributed by atoms with van der Waals surface area (Å²) >= 11 is 5.70. The lowest BCUT2D eigenvalue weighted by Crippen LogP contribution is -1.95. The van der Waals surface area contributed by atoms with Gasteiger partial charge in [0, 0.05) is 0 Å². The van der Waals surface area contributed by atoms with Gasteiger partial charge in [-0.1, -0.05) is 0 Å². The summed E-state index contributed by atoms with van der Waals surface area (Å²) in [6, 6.07) is 1.65. The second kappa shape index (κ2) is 3.20. The lowest BCUT2D eigenvalue weighted by molar-refractivity contribution is 0.507. The molecule has 2 aromatic rings. The van der Waals surface area contributed by atoms with E-state index < -0.39 is 0 Å². The molecule has 0 aliphatic heterocycles. The van der Waals surface area contributed by atoms with Crippen LogP contribution in [-0.4, -0.2) is 10.2 Å². The monoisotopic (exact) mass is 199 g/mol. The van der Waals surface area contributed by atoms with Crippen molar-refractivity contribution >= 4 is 11.6 Å². The first-order chi connectivity index (χ1) is 6.31. The Bertz CT molecular complexity index is 409. The van der Waals surface area contributed by atoms with Crippen LogP contribution in [0.5, 0.6) is 0 Å². The number of nitrogens with zero attached hydrogens (tertiary/aromatic N) is 2. The van der Waals surface area contributed by atoms with E-state index in [9.17, 15) is 0 Å². The van der Waals surface area contributed by atoms with Crippen LogP contribution in [0.25, 0.3) is 11.5 Å². The second-order valence-corrected chi connectivity index (χ2v) is 2.66. The van der Waals surface area contributed by atoms with Gasteiger partial charge >= 0.3 is 0 Å². The molecule has 0 amide bonds. The summed E-state index contributed by atoms with van der Waals surface area (Å²) < 4.78 is 10.0. The van der Waals surface area contributed by atoms with Gasteiger partial charge in [0.2, 0.25) is 11.1 Å². The first-order valence-electron chi connectivity index (χ1n) is 3.57. The van der Waals surface area contributed by atoms with Crippen molar-refractivity contribution < 1.29 is 8.83 Å². The molecule has 0 bridgehead atoms. The molecule has 0 saturated heterocycles. The fraction of sp³-hybridized carbons (Fsp3) is 0.143. The zero-order valence-corrected chi connectivity index (χ0v) is 7.28. The maximum Gasteiger partial charge on any atom is 0.252 e. The average molecular weight is 200 g/mol. The van der Waals surface area contributed by atoms with Gasteiger partial charge in [-0.15, -0.1) is 10.2 Å². The van der Waals surface area contributed by atoms with E-state index >= 15 is 0 Å². The number of hydrogen-bond donors (Lipinski definition) is 1. The molecule has 0 unspecified atom stereocenters. The SMILES string of the molecule is NCc1nnc(-c2ccoc2Cl)o1. The quantitative estimate of drug-likeness (QED) is 0.792. The molecule has 2 rings (SSSR count). The minimum absolute atomic E-state index is 0.211. The Balaban J connectivity index is 2.41. The van der Waals surface area contributed by atoms with Crippen molar-refractivity contribution in [2.45, 2.75) is 6.54 Å². The van der Waals surface area contributed by atoms with Crippen LogP contribution in [0, 0.1) is 0 Å². The van der Waals surface area contributed by atoms with E-state index in [1.165, 1.54) is 6.26 Å². The lowest BCUT2D eigenvalue weighted by Gasteiger charge is -1.87. The molecule has 0 fully saturated rings. The summed E-state index contributed by atoms with van der Waals surface area (Å²) in [5, 5.41) is 7.67. The molecule has 13 heavy (non-hydrogen) atoms. The Hall–Kier alpha value is -1.33. The molecule has 5 nitrogen and oxygen atoms in total. The van der Waals surface area contributed by atoms with E-state index in [2.05, 4.69) is 10.2 Å². The topological polar surface area (TPSA) is 78.1 Å². The molecule has 6 heteroatoms. The van der Waals surface area contributed by atoms with Crippen molar-refractivity contribution in [2.75, 3.05) is 0 Å². The molecule has 2 heterocycles. The van der Waals surface area contributed by atoms with Crippen molar-refractivity contribution in [3.63, 3.8) is 0 Å². The van der Waals surface area contributed by atoms with Crippen molar-refractivity contribution in [2.24, 2.45) is 5.73 Å². The van der Waals surface area contributed by atoms with Crippen LogP contribution in [0.15, 0.2) is 21.2 Å². The number of furan rings is 1. The van der Waals surface area contributed by atoms with E-state index in [0.717, 1.165) is 0 Å². The van der Waals surface area contributed by atoms with Crippen LogP contribution < -0.4 is 5.73 Å². The zero-order valence-electron chi connectivity index (χ0n) is 6.53. The largest absolute Gasteiger partial charge is 0.452 e. The van der Waals surface area contributed by atoms with Gasteiger partial charge in [0.15, 0.2) is 0 Å². The van der Waals surface area contributed by atoms with Crippen LogP contribution >= 0.6 is 11.6 Å². The molecule has 0 radical (unpaired) electrons. The maximum absolute atomic E-state index is 5.70. The Morgan fingerprint density at radius 1 is 1.46 bits per heavy atom. The molecular weight excluding hydrogens is 194 g/mol. The molecular formula is C7H6ClN3O2. The van der Waals surface area contributed by atoms with Crippen molar-refractivity contribution in [3.05, 3.63) is 23.4 Å². The van der Waals surface area contributed by atoms with Gasteiger partial charge in [-0.2, -0.15) is 0 Å². The number of hydrogen-bond acceptors (Lipinski definition) is 5. The fourth-order valence-corrected chi connectivity index (χ4v) is 1.09. The predicted molar refractivity (Wildman–Crippen MR) is 44.9 cm³/mol. The van der Waals surface area contributed by atoms with Gasteiger partial charge in [-0.25, -0.2) is 0 Å². The van der Waals surface area contributed by atoms with E-state index in [1.54, 1.807) is 6.07 Å². The highest BCUT2D eigenvalue weighted by Gasteiger charge is 2.12. The molecule has 0 aliphatic carbocycles. The number of nitrogens with two attached hydrogens (primary N) is 1. The maximum atomic E-state index is 5.70. The molecule has 68 valence electrons. The fourth-order valence-electron chi connectivity index (χ4n) is 0.891. The van der Waals surface area contributed by atoms with E-state index in [4.69, 9.17) is 26.2 Å². The predicted octanol–water partition coefficient (Wildman–Crippen LogP) is 1.44. The van der Waals surface area contributed by atoms with Crippen LogP contribution in [0.1, 0.15) is 5.89 Å². The van der Waals surface area contributed by atoms with Crippen LogP contribution in [-0.2, 0) is 6.54 Å². The van der Waals surface area contributed by atoms with Gasteiger partial charge in [-0.05, 0) is 17.7 Å². The van der Waals surface area contributed by atoms with E-state index in [1.807, 2.05) is 0 Å². The highest BCUT2D eigenvalue weighted by molar-refractivity contribution is 6.31. The Labute approximate surface area is 78.5 Å². The molecule has 2 aromatic heterocycles. The first kappa shape index (κ1) is 8.28. The van der Waals surface area contributed by atoms with E-state index in [-0.39, 0.29) is 11.8 Å². The average Bonchev–Trinajstić information content (AvgIpc) is 2.71. The summed E-state index contributed by atoms with van der Waals surface area (Å²) in [7, 11) is 0. The second-order valence-electron chi connectivity index (χ2n) is 2.31. The van der Waals surface area contributed by atoms with Crippen LogP contribution in [0.4, 0.5) is 0 Å². The first-order valence-corrected chi connectivity index (χ1v) is 3.95. The zero-order chi connectivity index (χ0) is 9.26. The molecule has 0 aliphatic rings. The van der Waals surface area contributed by atoms with Crippen LogP contribution in [0.3, 0.4) is 0 Å². The summed E-state index contributed by atoms with van der Waals surface area (Å²) in [5.74, 6) is 0.687. The van der Waals surface area contributed by atoms with Gasteiger partial charge in [0.1, 0.15) is 0 Å². The standard InChI is InChI=1S/C7H6ClN3O2/c8-6-4(1-2-12-6)7-11-10-5(3-9)13-7/h1-2H,3,9H2. The third kappa shape index (κ3) is 1.43. The highest BCUT2D eigenvalue weighted by Crippen LogP contribution is 2.27. The van der Waals surface area contributed by atoms with E-state index in [0.29, 0.717) is 17.3 Å². The Kier molecular flexibility index (Phi) is 2.03. The molecule has 0 atom stereocenters. The summed E-state index contributed by atoms with van der Waals surface area (Å²) in [4.78, 5) is 0. The molecule has 2 N–H and O–H groups in total. The van der Waals surface area contributed by atoms with Crippen molar-refractivity contribution in [1.82, 2.24) is 10.2 Å².